The Kier molecular flexibility index (Phi) is 2.04. The minimum atomic E-state index is 0.299. The largest absolute Gasteiger partial charge is 0.295 e. The summed E-state index contributed by atoms with van der Waals surface area (Å²) >= 11 is 0. The van der Waals surface area contributed by atoms with E-state index in [-0.39, 0.29) is 0 Å². The Morgan fingerprint density at radius 1 is 1.78 bits per heavy atom. The molecule has 1 atom stereocenters. The molecule has 0 aromatic rings. The van der Waals surface area contributed by atoms with Crippen molar-refractivity contribution in [3.05, 3.63) is 12.2 Å². The molecule has 0 aliphatic heterocycles. The number of allylic oxidation sites excluding steroid dienone is 2. The first-order valence-electron chi connectivity index (χ1n) is 3.54. The maximum atomic E-state index is 10.6. The van der Waals surface area contributed by atoms with Gasteiger partial charge in [-0.25, -0.2) is 0 Å². The minimum absolute atomic E-state index is 0.299. The van der Waals surface area contributed by atoms with Gasteiger partial charge in [-0.2, -0.15) is 0 Å². The van der Waals surface area contributed by atoms with E-state index in [1.165, 1.54) is 12.8 Å². The van der Waals surface area contributed by atoms with Gasteiger partial charge in [0, 0.05) is 6.42 Å². The Morgan fingerprint density at radius 2 is 2.56 bits per heavy atom. The number of hydrogen-bond donors (Lipinski definition) is 0. The van der Waals surface area contributed by atoms with Crippen LogP contribution in [-0.2, 0) is 4.79 Å². The van der Waals surface area contributed by atoms with Crippen molar-refractivity contribution in [1.29, 1.82) is 0 Å². The van der Waals surface area contributed by atoms with Crippen molar-refractivity contribution in [3.8, 4) is 0 Å². The van der Waals surface area contributed by atoms with Gasteiger partial charge in [-0.1, -0.05) is 19.4 Å². The van der Waals surface area contributed by atoms with E-state index in [1.54, 1.807) is 6.08 Å². The summed E-state index contributed by atoms with van der Waals surface area (Å²) < 4.78 is 0. The Bertz CT molecular complexity index is 136. The van der Waals surface area contributed by atoms with Crippen LogP contribution in [0.5, 0.6) is 0 Å². The van der Waals surface area contributed by atoms with Crippen LogP contribution in [0.15, 0.2) is 12.2 Å². The third-order valence-electron chi connectivity index (χ3n) is 1.68. The van der Waals surface area contributed by atoms with Gasteiger partial charge in [0.15, 0.2) is 5.78 Å². The summed E-state index contributed by atoms with van der Waals surface area (Å²) in [6.07, 6.45) is 6.85. The summed E-state index contributed by atoms with van der Waals surface area (Å²) in [5.41, 5.74) is 0. The molecular formula is C8H12O. The molecular weight excluding hydrogens is 112 g/mol. The molecule has 1 aliphatic carbocycles. The van der Waals surface area contributed by atoms with Gasteiger partial charge in [-0.05, 0) is 18.4 Å². The molecule has 0 aromatic heterocycles. The van der Waals surface area contributed by atoms with E-state index in [0.29, 0.717) is 11.7 Å². The Balaban J connectivity index is 2.32. The van der Waals surface area contributed by atoms with E-state index >= 15 is 0 Å². The minimum Gasteiger partial charge on any atom is -0.295 e. The standard InChI is InChI=1S/C8H12O/c1-2-3-7-4-5-8(9)6-7/h4-5,7H,2-3,6H2,1H3. The molecule has 1 nitrogen and oxygen atoms in total. The fourth-order valence-electron chi connectivity index (χ4n) is 1.21. The van der Waals surface area contributed by atoms with Crippen LogP contribution in [-0.4, -0.2) is 5.78 Å². The normalized spacial score (nSPS) is 25.4. The van der Waals surface area contributed by atoms with E-state index in [9.17, 15) is 4.79 Å². The summed E-state index contributed by atoms with van der Waals surface area (Å²) in [5, 5.41) is 0. The van der Waals surface area contributed by atoms with Crippen LogP contribution in [0, 0.1) is 5.92 Å². The van der Waals surface area contributed by atoms with Crippen molar-refractivity contribution in [2.45, 2.75) is 26.2 Å². The number of rotatable bonds is 2. The maximum absolute atomic E-state index is 10.6. The summed E-state index contributed by atoms with van der Waals surface area (Å²) in [5.74, 6) is 0.857. The van der Waals surface area contributed by atoms with E-state index in [2.05, 4.69) is 6.92 Å². The number of carbonyl (C=O) groups excluding carboxylic acids is 1. The van der Waals surface area contributed by atoms with E-state index in [0.717, 1.165) is 6.42 Å². The molecule has 0 saturated carbocycles. The monoisotopic (exact) mass is 124 g/mol. The fraction of sp³-hybridized carbons (Fsp3) is 0.625. The van der Waals surface area contributed by atoms with Crippen molar-refractivity contribution in [2.75, 3.05) is 0 Å². The topological polar surface area (TPSA) is 17.1 Å². The predicted molar refractivity (Wildman–Crippen MR) is 37.2 cm³/mol. The van der Waals surface area contributed by atoms with Crippen LogP contribution in [0.4, 0.5) is 0 Å². The first-order valence-corrected chi connectivity index (χ1v) is 3.54. The van der Waals surface area contributed by atoms with E-state index in [4.69, 9.17) is 0 Å². The van der Waals surface area contributed by atoms with Crippen LogP contribution in [0.3, 0.4) is 0 Å². The average Bonchev–Trinajstić information content (AvgIpc) is 2.17. The second-order valence-electron chi connectivity index (χ2n) is 2.58. The molecule has 1 unspecified atom stereocenters. The molecule has 0 fully saturated rings. The van der Waals surface area contributed by atoms with Crippen molar-refractivity contribution >= 4 is 5.78 Å². The SMILES string of the molecule is CCCC1C=CC(=O)C1. The zero-order chi connectivity index (χ0) is 6.69. The second kappa shape index (κ2) is 2.81. The van der Waals surface area contributed by atoms with Crippen LogP contribution >= 0.6 is 0 Å². The highest BCUT2D eigenvalue weighted by molar-refractivity contribution is 5.92. The molecule has 0 N–H and O–H groups in total. The van der Waals surface area contributed by atoms with Gasteiger partial charge in [0.2, 0.25) is 0 Å². The molecule has 0 aromatic carbocycles. The molecule has 1 aliphatic rings. The van der Waals surface area contributed by atoms with Crippen molar-refractivity contribution in [3.63, 3.8) is 0 Å². The third-order valence-corrected chi connectivity index (χ3v) is 1.68. The van der Waals surface area contributed by atoms with Gasteiger partial charge in [0.05, 0.1) is 0 Å². The molecule has 0 amide bonds. The molecule has 1 heteroatoms. The van der Waals surface area contributed by atoms with Gasteiger partial charge < -0.3 is 0 Å². The first kappa shape index (κ1) is 6.53. The number of ketones is 1. The molecule has 50 valence electrons. The van der Waals surface area contributed by atoms with Crippen molar-refractivity contribution in [1.82, 2.24) is 0 Å². The van der Waals surface area contributed by atoms with Crippen molar-refractivity contribution in [2.24, 2.45) is 5.92 Å². The second-order valence-corrected chi connectivity index (χ2v) is 2.58. The van der Waals surface area contributed by atoms with Crippen LogP contribution in [0.1, 0.15) is 26.2 Å². The lowest BCUT2D eigenvalue weighted by Crippen LogP contribution is -1.94. The lowest BCUT2D eigenvalue weighted by Gasteiger charge is -2.00. The lowest BCUT2D eigenvalue weighted by atomic mass is 10.0. The van der Waals surface area contributed by atoms with Crippen LogP contribution < -0.4 is 0 Å². The lowest BCUT2D eigenvalue weighted by molar-refractivity contribution is -0.114. The molecule has 0 saturated heterocycles. The molecule has 9 heavy (non-hydrogen) atoms. The highest BCUT2D eigenvalue weighted by atomic mass is 16.1. The van der Waals surface area contributed by atoms with Gasteiger partial charge in [0.1, 0.15) is 0 Å². The van der Waals surface area contributed by atoms with Crippen LogP contribution in [0.25, 0.3) is 0 Å². The van der Waals surface area contributed by atoms with E-state index < -0.39 is 0 Å². The number of hydrogen-bond acceptors (Lipinski definition) is 1. The molecule has 1 rings (SSSR count). The predicted octanol–water partition coefficient (Wildman–Crippen LogP) is 1.93. The maximum Gasteiger partial charge on any atom is 0.155 e. The summed E-state index contributed by atoms with van der Waals surface area (Å²) in [4.78, 5) is 10.6. The molecule has 0 radical (unpaired) electrons. The summed E-state index contributed by atoms with van der Waals surface area (Å²) in [6, 6.07) is 0. The Labute approximate surface area is 55.8 Å². The quantitative estimate of drug-likeness (QED) is 0.549. The van der Waals surface area contributed by atoms with Gasteiger partial charge in [-0.3, -0.25) is 4.79 Å². The Hall–Kier alpha value is -0.590. The average molecular weight is 124 g/mol. The van der Waals surface area contributed by atoms with Crippen LogP contribution in [0.2, 0.25) is 0 Å². The first-order chi connectivity index (χ1) is 4.33. The molecule has 0 spiro atoms. The van der Waals surface area contributed by atoms with Gasteiger partial charge in [-0.15, -0.1) is 0 Å². The summed E-state index contributed by atoms with van der Waals surface area (Å²) in [7, 11) is 0. The van der Waals surface area contributed by atoms with E-state index in [1.807, 2.05) is 6.08 Å². The smallest absolute Gasteiger partial charge is 0.155 e. The highest BCUT2D eigenvalue weighted by Gasteiger charge is 2.13. The zero-order valence-corrected chi connectivity index (χ0v) is 5.76. The highest BCUT2D eigenvalue weighted by Crippen LogP contribution is 2.18. The fourth-order valence-corrected chi connectivity index (χ4v) is 1.21. The summed E-state index contributed by atoms with van der Waals surface area (Å²) in [6.45, 7) is 2.15. The number of carbonyl (C=O) groups is 1. The van der Waals surface area contributed by atoms with Gasteiger partial charge in [0.25, 0.3) is 0 Å². The van der Waals surface area contributed by atoms with Gasteiger partial charge >= 0.3 is 0 Å². The molecule has 0 heterocycles. The zero-order valence-electron chi connectivity index (χ0n) is 5.76. The third kappa shape index (κ3) is 1.67. The molecule has 0 bridgehead atoms. The Morgan fingerprint density at radius 3 is 3.00 bits per heavy atom. The van der Waals surface area contributed by atoms with Crippen molar-refractivity contribution < 1.29 is 4.79 Å².